The van der Waals surface area contributed by atoms with Gasteiger partial charge >= 0.3 is 5.13 Å². The maximum Gasteiger partial charge on any atom is 0.335 e. The predicted molar refractivity (Wildman–Crippen MR) is 39.8 cm³/mol. The van der Waals surface area contributed by atoms with Gasteiger partial charge in [-0.2, -0.15) is 0 Å². The Morgan fingerprint density at radius 2 is 2.22 bits per heavy atom. The zero-order valence-corrected chi connectivity index (χ0v) is 6.77. The molecule has 0 aliphatic heterocycles. The summed E-state index contributed by atoms with van der Waals surface area (Å²) in [5, 5.41) is 3.35. The second-order valence-electron chi connectivity index (χ2n) is 2.19. The minimum Gasteiger partial charge on any atom is -0.258 e. The molecule has 2 nitrogen and oxygen atoms in total. The first kappa shape index (κ1) is 6.55. The van der Waals surface area contributed by atoms with E-state index < -0.39 is 0 Å². The highest BCUT2D eigenvalue weighted by molar-refractivity contribution is 7.13. The number of nitrogens with zero attached hydrogens (tertiary/aromatic N) is 2. The summed E-state index contributed by atoms with van der Waals surface area (Å²) in [6.07, 6.45) is 2.06. The summed E-state index contributed by atoms with van der Waals surface area (Å²) in [5.41, 5.74) is 0. The molecule has 0 radical (unpaired) electrons. The monoisotopic (exact) mass is 143 g/mol. The predicted octanol–water partition coefficient (Wildman–Crippen LogP) is 0.639. The number of aromatic nitrogens is 1. The number of hydrogen-bond donors (Lipinski definition) is 0. The van der Waals surface area contributed by atoms with Gasteiger partial charge in [0.05, 0.1) is 21.1 Å². The second kappa shape index (κ2) is 2.35. The molecule has 0 N–H and O–H groups in total. The van der Waals surface area contributed by atoms with Gasteiger partial charge in [0.1, 0.15) is 6.20 Å². The molecular weight excluding hydrogens is 132 g/mol. The number of anilines is 1. The Labute approximate surface area is 59.4 Å². The quantitative estimate of drug-likeness (QED) is 0.523. The molecular formula is C6H11N2S+. The maximum atomic E-state index is 2.10. The number of rotatable bonds is 1. The Morgan fingerprint density at radius 1 is 1.56 bits per heavy atom. The lowest BCUT2D eigenvalue weighted by Gasteiger charge is -1.99. The zero-order valence-electron chi connectivity index (χ0n) is 5.96. The van der Waals surface area contributed by atoms with Crippen molar-refractivity contribution in [1.29, 1.82) is 0 Å². The van der Waals surface area contributed by atoms with Crippen LogP contribution in [-0.4, -0.2) is 14.1 Å². The Kier molecular flexibility index (Phi) is 1.71. The fourth-order valence-corrected chi connectivity index (χ4v) is 1.55. The molecule has 1 aromatic heterocycles. The van der Waals surface area contributed by atoms with E-state index in [4.69, 9.17) is 0 Å². The van der Waals surface area contributed by atoms with Gasteiger partial charge < -0.3 is 0 Å². The third-order valence-electron chi connectivity index (χ3n) is 1.14. The van der Waals surface area contributed by atoms with Gasteiger partial charge in [0, 0.05) is 5.38 Å². The lowest BCUT2D eigenvalue weighted by atomic mass is 10.8. The summed E-state index contributed by atoms with van der Waals surface area (Å²) in [4.78, 5) is 2.10. The van der Waals surface area contributed by atoms with Crippen LogP contribution in [0.15, 0.2) is 11.6 Å². The van der Waals surface area contributed by atoms with Gasteiger partial charge in [-0.1, -0.05) is 11.3 Å². The molecule has 0 aromatic carbocycles. The molecule has 50 valence electrons. The largest absolute Gasteiger partial charge is 0.335 e. The molecule has 0 unspecified atom stereocenters. The van der Waals surface area contributed by atoms with Gasteiger partial charge in [0.25, 0.3) is 0 Å². The van der Waals surface area contributed by atoms with Crippen molar-refractivity contribution in [2.45, 2.75) is 0 Å². The molecule has 3 heteroatoms. The van der Waals surface area contributed by atoms with Crippen molar-refractivity contribution in [3.8, 4) is 0 Å². The van der Waals surface area contributed by atoms with E-state index in [2.05, 4.69) is 21.0 Å². The minimum atomic E-state index is 1.27. The van der Waals surface area contributed by atoms with Crippen LogP contribution in [0, 0.1) is 0 Å². The molecule has 0 amide bonds. The average molecular weight is 143 g/mol. The van der Waals surface area contributed by atoms with Crippen LogP contribution in [0.5, 0.6) is 0 Å². The van der Waals surface area contributed by atoms with Crippen LogP contribution in [0.2, 0.25) is 0 Å². The molecule has 0 spiro atoms. The van der Waals surface area contributed by atoms with E-state index in [0.29, 0.717) is 0 Å². The van der Waals surface area contributed by atoms with Crippen LogP contribution in [-0.2, 0) is 7.05 Å². The summed E-state index contributed by atoms with van der Waals surface area (Å²) in [6.45, 7) is 0. The van der Waals surface area contributed by atoms with E-state index in [0.717, 1.165) is 0 Å². The molecule has 0 aliphatic carbocycles. The van der Waals surface area contributed by atoms with Crippen LogP contribution in [0.25, 0.3) is 0 Å². The van der Waals surface area contributed by atoms with Crippen molar-refractivity contribution in [2.24, 2.45) is 7.05 Å². The highest BCUT2D eigenvalue weighted by atomic mass is 32.1. The Balaban J connectivity index is 2.94. The van der Waals surface area contributed by atoms with Crippen LogP contribution in [0.1, 0.15) is 0 Å². The Morgan fingerprint density at radius 3 is 2.44 bits per heavy atom. The van der Waals surface area contributed by atoms with Crippen LogP contribution < -0.4 is 9.47 Å². The molecule has 1 heterocycles. The lowest BCUT2D eigenvalue weighted by molar-refractivity contribution is -0.654. The summed E-state index contributed by atoms with van der Waals surface area (Å²) in [5.74, 6) is 0. The van der Waals surface area contributed by atoms with E-state index in [-0.39, 0.29) is 0 Å². The fraction of sp³-hybridized carbons (Fsp3) is 0.500. The van der Waals surface area contributed by atoms with Gasteiger partial charge in [-0.05, 0) is 0 Å². The van der Waals surface area contributed by atoms with Crippen LogP contribution >= 0.6 is 11.3 Å². The maximum absolute atomic E-state index is 2.10. The van der Waals surface area contributed by atoms with Crippen molar-refractivity contribution in [2.75, 3.05) is 19.0 Å². The molecule has 0 saturated carbocycles. The minimum absolute atomic E-state index is 1.27. The lowest BCUT2D eigenvalue weighted by Crippen LogP contribution is -2.31. The number of thiazole rings is 1. The Bertz CT molecular complexity index is 193. The van der Waals surface area contributed by atoms with E-state index in [9.17, 15) is 0 Å². The fourth-order valence-electron chi connectivity index (χ4n) is 0.750. The van der Waals surface area contributed by atoms with Crippen LogP contribution in [0.3, 0.4) is 0 Å². The van der Waals surface area contributed by atoms with E-state index in [1.807, 2.05) is 21.1 Å². The standard InChI is InChI=1S/C6H11N2S/c1-7(2)6-8(3)4-5-9-6/h4-5H,1-3H3/q+1. The molecule has 0 aliphatic rings. The summed E-state index contributed by atoms with van der Waals surface area (Å²) in [6, 6.07) is 0. The molecule has 0 saturated heterocycles. The molecule has 1 aromatic rings. The van der Waals surface area contributed by atoms with Crippen molar-refractivity contribution in [3.63, 3.8) is 0 Å². The summed E-state index contributed by atoms with van der Waals surface area (Å²) < 4.78 is 2.10. The topological polar surface area (TPSA) is 7.12 Å². The SMILES string of the molecule is CN(C)c1scc[n+]1C. The van der Waals surface area contributed by atoms with Gasteiger partial charge in [-0.3, -0.25) is 4.90 Å². The van der Waals surface area contributed by atoms with E-state index >= 15 is 0 Å². The van der Waals surface area contributed by atoms with Crippen molar-refractivity contribution < 1.29 is 4.57 Å². The van der Waals surface area contributed by atoms with Gasteiger partial charge in [0.15, 0.2) is 0 Å². The van der Waals surface area contributed by atoms with Gasteiger partial charge in [-0.25, -0.2) is 4.57 Å². The van der Waals surface area contributed by atoms with E-state index in [1.54, 1.807) is 11.3 Å². The molecule has 0 atom stereocenters. The summed E-state index contributed by atoms with van der Waals surface area (Å²) in [7, 11) is 6.14. The first-order chi connectivity index (χ1) is 4.22. The van der Waals surface area contributed by atoms with Crippen molar-refractivity contribution >= 4 is 16.5 Å². The molecule has 1 rings (SSSR count). The normalized spacial score (nSPS) is 9.67. The van der Waals surface area contributed by atoms with Crippen LogP contribution in [0.4, 0.5) is 5.13 Å². The Hall–Kier alpha value is -0.570. The summed E-state index contributed by atoms with van der Waals surface area (Å²) >= 11 is 1.75. The molecule has 0 fully saturated rings. The first-order valence-corrected chi connectivity index (χ1v) is 3.70. The smallest absolute Gasteiger partial charge is 0.258 e. The first-order valence-electron chi connectivity index (χ1n) is 2.82. The third kappa shape index (κ3) is 1.21. The zero-order chi connectivity index (χ0) is 6.85. The highest BCUT2D eigenvalue weighted by Gasteiger charge is 2.07. The van der Waals surface area contributed by atoms with Crippen molar-refractivity contribution in [3.05, 3.63) is 11.6 Å². The highest BCUT2D eigenvalue weighted by Crippen LogP contribution is 2.10. The van der Waals surface area contributed by atoms with Gasteiger partial charge in [0.2, 0.25) is 0 Å². The second-order valence-corrected chi connectivity index (χ2v) is 3.06. The van der Waals surface area contributed by atoms with Gasteiger partial charge in [-0.15, -0.1) is 0 Å². The number of aryl methyl sites for hydroxylation is 1. The molecule has 0 bridgehead atoms. The average Bonchev–Trinajstić information content (AvgIpc) is 2.13. The molecule has 9 heavy (non-hydrogen) atoms. The van der Waals surface area contributed by atoms with Crippen molar-refractivity contribution in [1.82, 2.24) is 0 Å². The number of hydrogen-bond acceptors (Lipinski definition) is 2. The third-order valence-corrected chi connectivity index (χ3v) is 2.26. The van der Waals surface area contributed by atoms with E-state index in [1.165, 1.54) is 5.13 Å².